The van der Waals surface area contributed by atoms with Gasteiger partial charge in [0.05, 0.1) is 6.33 Å². The maximum Gasteiger partial charge on any atom is 0.263 e. The van der Waals surface area contributed by atoms with E-state index in [9.17, 15) is 4.79 Å². The summed E-state index contributed by atoms with van der Waals surface area (Å²) in [5.41, 5.74) is 0.224. The number of rotatable bonds is 0. The molecular formula is C6H5ClN4O. The zero-order chi connectivity index (χ0) is 8.72. The molecule has 2 rings (SSSR count). The first-order valence-electron chi connectivity index (χ1n) is 3.26. The van der Waals surface area contributed by atoms with Crippen LogP contribution in [0, 0.1) is 0 Å². The second-order valence-corrected chi connectivity index (χ2v) is 2.70. The van der Waals surface area contributed by atoms with Gasteiger partial charge in [0.2, 0.25) is 0 Å². The molecule has 62 valence electrons. The fourth-order valence-electron chi connectivity index (χ4n) is 1.05. The van der Waals surface area contributed by atoms with Gasteiger partial charge in [-0.2, -0.15) is 5.10 Å². The van der Waals surface area contributed by atoms with Crippen LogP contribution >= 0.6 is 11.6 Å². The van der Waals surface area contributed by atoms with Crippen LogP contribution in [0.15, 0.2) is 11.1 Å². The molecule has 0 aliphatic rings. The van der Waals surface area contributed by atoms with Crippen LogP contribution in [-0.4, -0.2) is 19.7 Å². The van der Waals surface area contributed by atoms with Crippen LogP contribution in [0.2, 0.25) is 5.15 Å². The van der Waals surface area contributed by atoms with Crippen molar-refractivity contribution in [2.75, 3.05) is 0 Å². The van der Waals surface area contributed by atoms with Gasteiger partial charge >= 0.3 is 0 Å². The van der Waals surface area contributed by atoms with Gasteiger partial charge in [-0.3, -0.25) is 4.79 Å². The first-order chi connectivity index (χ1) is 5.70. The molecule has 0 atom stereocenters. The molecule has 0 saturated carbocycles. The smallest absolute Gasteiger partial charge is 0.263 e. The molecule has 2 aromatic heterocycles. The second-order valence-electron chi connectivity index (χ2n) is 2.34. The van der Waals surface area contributed by atoms with E-state index >= 15 is 0 Å². The van der Waals surface area contributed by atoms with Crippen molar-refractivity contribution < 1.29 is 0 Å². The Morgan fingerprint density at radius 1 is 1.67 bits per heavy atom. The molecule has 1 N–H and O–H groups in total. The highest BCUT2D eigenvalue weighted by Gasteiger charge is 2.09. The van der Waals surface area contributed by atoms with Crippen LogP contribution < -0.4 is 5.56 Å². The minimum atomic E-state index is -0.266. The molecule has 0 amide bonds. The molecule has 0 spiro atoms. The second kappa shape index (κ2) is 2.31. The van der Waals surface area contributed by atoms with Crippen LogP contribution in [0.5, 0.6) is 0 Å². The Morgan fingerprint density at radius 3 is 3.08 bits per heavy atom. The van der Waals surface area contributed by atoms with E-state index in [1.54, 1.807) is 7.05 Å². The number of nitrogens with zero attached hydrogens (tertiary/aromatic N) is 3. The molecule has 2 heterocycles. The van der Waals surface area contributed by atoms with Crippen LogP contribution in [0.25, 0.3) is 11.0 Å². The maximum absolute atomic E-state index is 11.2. The van der Waals surface area contributed by atoms with E-state index in [0.29, 0.717) is 11.0 Å². The van der Waals surface area contributed by atoms with Gasteiger partial charge in [-0.15, -0.1) is 0 Å². The van der Waals surface area contributed by atoms with E-state index in [0.717, 1.165) is 0 Å². The molecule has 0 radical (unpaired) electrons. The van der Waals surface area contributed by atoms with Gasteiger partial charge in [0.1, 0.15) is 5.39 Å². The molecule has 2 aromatic rings. The third-order valence-electron chi connectivity index (χ3n) is 1.58. The summed E-state index contributed by atoms with van der Waals surface area (Å²) in [6.45, 7) is 0. The van der Waals surface area contributed by atoms with Crippen molar-refractivity contribution in [2.45, 2.75) is 0 Å². The first-order valence-corrected chi connectivity index (χ1v) is 3.64. The minimum absolute atomic E-state index is 0.182. The van der Waals surface area contributed by atoms with Crippen LogP contribution in [-0.2, 0) is 7.05 Å². The first kappa shape index (κ1) is 7.30. The largest absolute Gasteiger partial charge is 0.312 e. The van der Waals surface area contributed by atoms with Gasteiger partial charge in [0, 0.05) is 7.05 Å². The fraction of sp³-hybridized carbons (Fsp3) is 0.167. The summed E-state index contributed by atoms with van der Waals surface area (Å²) in [6, 6.07) is 0. The number of nitrogens with one attached hydrogen (secondary N) is 1. The number of hydrogen-bond acceptors (Lipinski definition) is 3. The van der Waals surface area contributed by atoms with Crippen molar-refractivity contribution in [3.05, 3.63) is 21.8 Å². The van der Waals surface area contributed by atoms with Gasteiger partial charge in [0.25, 0.3) is 5.56 Å². The lowest BCUT2D eigenvalue weighted by Gasteiger charge is -1.88. The maximum atomic E-state index is 11.2. The SMILES string of the molecule is Cn1nc(Cl)c2c(=O)[nH]cnc21. The minimum Gasteiger partial charge on any atom is -0.312 e. The van der Waals surface area contributed by atoms with E-state index in [1.807, 2.05) is 0 Å². The Bertz CT molecular complexity index is 486. The highest BCUT2D eigenvalue weighted by atomic mass is 35.5. The summed E-state index contributed by atoms with van der Waals surface area (Å²) in [5.74, 6) is 0. The number of aromatic amines is 1. The number of aryl methyl sites for hydroxylation is 1. The summed E-state index contributed by atoms with van der Waals surface area (Å²) < 4.78 is 1.47. The summed E-state index contributed by atoms with van der Waals surface area (Å²) in [6.07, 6.45) is 1.32. The molecule has 12 heavy (non-hydrogen) atoms. The van der Waals surface area contributed by atoms with E-state index in [2.05, 4.69) is 15.1 Å². The summed E-state index contributed by atoms with van der Waals surface area (Å²) in [5, 5.41) is 4.37. The molecular weight excluding hydrogens is 180 g/mol. The third kappa shape index (κ3) is 0.831. The third-order valence-corrected chi connectivity index (χ3v) is 1.85. The van der Waals surface area contributed by atoms with Gasteiger partial charge in [-0.05, 0) is 0 Å². The number of aromatic nitrogens is 4. The lowest BCUT2D eigenvalue weighted by atomic mass is 10.4. The molecule has 0 unspecified atom stereocenters. The fourth-order valence-corrected chi connectivity index (χ4v) is 1.33. The molecule has 0 aromatic carbocycles. The molecule has 0 fully saturated rings. The topological polar surface area (TPSA) is 63.6 Å². The van der Waals surface area contributed by atoms with Crippen molar-refractivity contribution in [1.82, 2.24) is 19.7 Å². The quantitative estimate of drug-likeness (QED) is 0.641. The van der Waals surface area contributed by atoms with Crippen LogP contribution in [0.3, 0.4) is 0 Å². The summed E-state index contributed by atoms with van der Waals surface area (Å²) in [4.78, 5) is 17.5. The lowest BCUT2D eigenvalue weighted by Crippen LogP contribution is -2.06. The average molecular weight is 185 g/mol. The molecule has 6 heteroatoms. The van der Waals surface area contributed by atoms with Crippen molar-refractivity contribution in [3.63, 3.8) is 0 Å². The Hall–Kier alpha value is -1.36. The Balaban J connectivity index is 3.09. The zero-order valence-electron chi connectivity index (χ0n) is 6.21. The van der Waals surface area contributed by atoms with Crippen LogP contribution in [0.1, 0.15) is 0 Å². The van der Waals surface area contributed by atoms with Gasteiger partial charge in [-0.25, -0.2) is 9.67 Å². The van der Waals surface area contributed by atoms with E-state index in [-0.39, 0.29) is 10.7 Å². The van der Waals surface area contributed by atoms with E-state index < -0.39 is 0 Å². The number of halogens is 1. The van der Waals surface area contributed by atoms with Crippen molar-refractivity contribution in [2.24, 2.45) is 7.05 Å². The Kier molecular flexibility index (Phi) is 1.41. The van der Waals surface area contributed by atoms with Crippen molar-refractivity contribution in [1.29, 1.82) is 0 Å². The number of fused-ring (bicyclic) bond motifs is 1. The standard InChI is InChI=1S/C6H5ClN4O/c1-11-5-3(4(7)10-11)6(12)9-2-8-5/h2H,1H3,(H,8,9,12). The Labute approximate surface area is 72.0 Å². The predicted molar refractivity (Wildman–Crippen MR) is 44.1 cm³/mol. The molecule has 0 bridgehead atoms. The van der Waals surface area contributed by atoms with Gasteiger partial charge in [-0.1, -0.05) is 11.6 Å². The highest BCUT2D eigenvalue weighted by Crippen LogP contribution is 2.14. The van der Waals surface area contributed by atoms with Gasteiger partial charge < -0.3 is 4.98 Å². The van der Waals surface area contributed by atoms with Gasteiger partial charge in [0.15, 0.2) is 10.8 Å². The van der Waals surface area contributed by atoms with E-state index in [4.69, 9.17) is 11.6 Å². The normalized spacial score (nSPS) is 10.8. The number of H-pyrrole nitrogens is 1. The Morgan fingerprint density at radius 2 is 2.42 bits per heavy atom. The molecule has 0 aliphatic heterocycles. The molecule has 0 saturated heterocycles. The van der Waals surface area contributed by atoms with Crippen molar-refractivity contribution in [3.8, 4) is 0 Å². The predicted octanol–water partition coefficient (Wildman–Crippen LogP) is 0.310. The molecule has 0 aliphatic carbocycles. The van der Waals surface area contributed by atoms with Crippen LogP contribution in [0.4, 0.5) is 0 Å². The lowest BCUT2D eigenvalue weighted by molar-refractivity contribution is 0.785. The summed E-state index contributed by atoms with van der Waals surface area (Å²) >= 11 is 5.69. The molecule has 5 nitrogen and oxygen atoms in total. The summed E-state index contributed by atoms with van der Waals surface area (Å²) in [7, 11) is 1.68. The number of hydrogen-bond donors (Lipinski definition) is 1. The zero-order valence-corrected chi connectivity index (χ0v) is 6.96. The highest BCUT2D eigenvalue weighted by molar-refractivity contribution is 6.33. The average Bonchev–Trinajstić information content (AvgIpc) is 2.29. The monoisotopic (exact) mass is 184 g/mol. The van der Waals surface area contributed by atoms with E-state index in [1.165, 1.54) is 11.0 Å². The van der Waals surface area contributed by atoms with Crippen molar-refractivity contribution >= 4 is 22.6 Å².